The number of carboxylic acid groups (broad SMARTS) is 1. The summed E-state index contributed by atoms with van der Waals surface area (Å²) in [7, 11) is 0. The van der Waals surface area contributed by atoms with Gasteiger partial charge in [0.2, 0.25) is 0 Å². The van der Waals surface area contributed by atoms with E-state index in [0.29, 0.717) is 11.2 Å². The molecule has 2 heterocycles. The molecule has 0 aliphatic heterocycles. The van der Waals surface area contributed by atoms with Crippen molar-refractivity contribution in [1.82, 2.24) is 9.97 Å². The molecular weight excluding hydrogens is 325 g/mol. The van der Waals surface area contributed by atoms with Crippen LogP contribution >= 0.6 is 0 Å². The van der Waals surface area contributed by atoms with E-state index in [1.807, 2.05) is 48.5 Å². The highest BCUT2D eigenvalue weighted by atomic mass is 19.4. The lowest BCUT2D eigenvalue weighted by molar-refractivity contribution is -0.192. The number of hydrogen-bond donors (Lipinski definition) is 2. The van der Waals surface area contributed by atoms with Gasteiger partial charge in [0.15, 0.2) is 0 Å². The smallest absolute Gasteiger partial charge is 0.475 e. The SMILES string of the molecule is O=C(O)C(F)(F)F.O=c1[nH]c2ncccc2cc1-c1ccccc1. The van der Waals surface area contributed by atoms with E-state index >= 15 is 0 Å². The first-order valence-corrected chi connectivity index (χ1v) is 6.62. The lowest BCUT2D eigenvalue weighted by Gasteiger charge is -2.02. The van der Waals surface area contributed by atoms with Gasteiger partial charge in [0, 0.05) is 17.1 Å². The molecule has 2 N–H and O–H groups in total. The summed E-state index contributed by atoms with van der Waals surface area (Å²) in [4.78, 5) is 27.7. The Bertz CT molecular complexity index is 906. The zero-order valence-electron chi connectivity index (χ0n) is 12.0. The fraction of sp³-hybridized carbons (Fsp3) is 0.0625. The average Bonchev–Trinajstić information content (AvgIpc) is 2.54. The average molecular weight is 336 g/mol. The predicted octanol–water partition coefficient (Wildman–Crippen LogP) is 3.22. The molecule has 0 bridgehead atoms. The molecule has 0 aliphatic rings. The van der Waals surface area contributed by atoms with Gasteiger partial charge in [0.1, 0.15) is 5.65 Å². The molecule has 2 aromatic heterocycles. The summed E-state index contributed by atoms with van der Waals surface area (Å²) in [5.74, 6) is -2.76. The van der Waals surface area contributed by atoms with Gasteiger partial charge in [-0.2, -0.15) is 13.2 Å². The predicted molar refractivity (Wildman–Crippen MR) is 81.5 cm³/mol. The topological polar surface area (TPSA) is 83.0 Å². The van der Waals surface area contributed by atoms with Gasteiger partial charge in [-0.05, 0) is 23.8 Å². The maximum Gasteiger partial charge on any atom is 0.490 e. The molecule has 0 saturated carbocycles. The highest BCUT2D eigenvalue weighted by Crippen LogP contribution is 2.17. The van der Waals surface area contributed by atoms with Crippen LogP contribution in [0.3, 0.4) is 0 Å². The minimum Gasteiger partial charge on any atom is -0.475 e. The van der Waals surface area contributed by atoms with Crippen molar-refractivity contribution in [3.8, 4) is 11.1 Å². The van der Waals surface area contributed by atoms with Gasteiger partial charge in [0.05, 0.1) is 0 Å². The molecule has 0 amide bonds. The standard InChI is InChI=1S/C14H10N2O.C2HF3O2/c17-14-12(10-5-2-1-3-6-10)9-11-7-4-8-15-13(11)16-14;3-2(4,5)1(6)7/h1-9H,(H,15,16,17);(H,6,7). The van der Waals surface area contributed by atoms with Crippen molar-refractivity contribution in [1.29, 1.82) is 0 Å². The Hall–Kier alpha value is -3.16. The second-order valence-corrected chi connectivity index (χ2v) is 4.62. The quantitative estimate of drug-likeness (QED) is 0.715. The number of carboxylic acids is 1. The lowest BCUT2D eigenvalue weighted by atomic mass is 10.1. The highest BCUT2D eigenvalue weighted by molar-refractivity contribution is 5.80. The van der Waals surface area contributed by atoms with Crippen LogP contribution in [0, 0.1) is 0 Å². The summed E-state index contributed by atoms with van der Waals surface area (Å²) in [6, 6.07) is 15.3. The van der Waals surface area contributed by atoms with Gasteiger partial charge in [0.25, 0.3) is 5.56 Å². The normalized spacial score (nSPS) is 10.8. The lowest BCUT2D eigenvalue weighted by Crippen LogP contribution is -2.21. The van der Waals surface area contributed by atoms with Crippen LogP contribution in [0.4, 0.5) is 13.2 Å². The molecule has 24 heavy (non-hydrogen) atoms. The number of fused-ring (bicyclic) bond motifs is 1. The fourth-order valence-corrected chi connectivity index (χ4v) is 1.87. The number of benzene rings is 1. The van der Waals surface area contributed by atoms with E-state index < -0.39 is 12.1 Å². The van der Waals surface area contributed by atoms with E-state index in [2.05, 4.69) is 9.97 Å². The zero-order valence-corrected chi connectivity index (χ0v) is 12.0. The number of carbonyl (C=O) groups is 1. The second-order valence-electron chi connectivity index (χ2n) is 4.62. The molecule has 0 atom stereocenters. The van der Waals surface area contributed by atoms with Crippen LogP contribution in [0.25, 0.3) is 22.2 Å². The number of pyridine rings is 2. The second kappa shape index (κ2) is 6.95. The number of alkyl halides is 3. The number of aliphatic carboxylic acids is 1. The van der Waals surface area contributed by atoms with Gasteiger partial charge in [-0.25, -0.2) is 9.78 Å². The number of rotatable bonds is 1. The van der Waals surface area contributed by atoms with E-state index in [0.717, 1.165) is 10.9 Å². The molecule has 0 aliphatic carbocycles. The zero-order chi connectivity index (χ0) is 17.7. The fourth-order valence-electron chi connectivity index (χ4n) is 1.87. The highest BCUT2D eigenvalue weighted by Gasteiger charge is 2.38. The first-order chi connectivity index (χ1) is 11.3. The third kappa shape index (κ3) is 4.19. The first-order valence-electron chi connectivity index (χ1n) is 6.62. The van der Waals surface area contributed by atoms with Crippen LogP contribution in [-0.4, -0.2) is 27.2 Å². The van der Waals surface area contributed by atoms with Crippen LogP contribution < -0.4 is 5.56 Å². The molecule has 0 spiro atoms. The van der Waals surface area contributed by atoms with Gasteiger partial charge in [-0.3, -0.25) is 4.79 Å². The number of aromatic amines is 1. The Labute approximate surface area is 133 Å². The van der Waals surface area contributed by atoms with Crippen molar-refractivity contribution in [2.24, 2.45) is 0 Å². The van der Waals surface area contributed by atoms with Crippen LogP contribution in [0.15, 0.2) is 59.5 Å². The molecule has 124 valence electrons. The number of nitrogens with zero attached hydrogens (tertiary/aromatic N) is 1. The number of aromatic nitrogens is 2. The minimum absolute atomic E-state index is 0.109. The Morgan fingerprint density at radius 3 is 2.29 bits per heavy atom. The summed E-state index contributed by atoms with van der Waals surface area (Å²) in [6.07, 6.45) is -3.42. The van der Waals surface area contributed by atoms with Gasteiger partial charge < -0.3 is 10.1 Å². The monoisotopic (exact) mass is 336 g/mol. The Morgan fingerprint density at radius 2 is 1.71 bits per heavy atom. The van der Waals surface area contributed by atoms with Crippen LogP contribution in [0.1, 0.15) is 0 Å². The van der Waals surface area contributed by atoms with Crippen molar-refractivity contribution in [2.75, 3.05) is 0 Å². The third-order valence-electron chi connectivity index (χ3n) is 2.94. The van der Waals surface area contributed by atoms with Gasteiger partial charge in [-0.1, -0.05) is 30.3 Å². The molecule has 3 rings (SSSR count). The maximum absolute atomic E-state index is 11.9. The largest absolute Gasteiger partial charge is 0.490 e. The number of H-pyrrole nitrogens is 1. The molecular formula is C16H11F3N2O3. The number of nitrogens with one attached hydrogen (secondary N) is 1. The van der Waals surface area contributed by atoms with E-state index in [-0.39, 0.29) is 5.56 Å². The van der Waals surface area contributed by atoms with E-state index in [1.165, 1.54) is 0 Å². The van der Waals surface area contributed by atoms with Crippen molar-refractivity contribution < 1.29 is 23.1 Å². The van der Waals surface area contributed by atoms with E-state index in [9.17, 15) is 18.0 Å². The Morgan fingerprint density at radius 1 is 1.08 bits per heavy atom. The molecule has 1 aromatic carbocycles. The molecule has 0 radical (unpaired) electrons. The van der Waals surface area contributed by atoms with Gasteiger partial charge >= 0.3 is 12.1 Å². The molecule has 3 aromatic rings. The van der Waals surface area contributed by atoms with E-state index in [1.54, 1.807) is 6.20 Å². The van der Waals surface area contributed by atoms with Crippen LogP contribution in [0.2, 0.25) is 0 Å². The number of halogens is 3. The van der Waals surface area contributed by atoms with E-state index in [4.69, 9.17) is 9.90 Å². The Kier molecular flexibility index (Phi) is 4.98. The molecule has 0 unspecified atom stereocenters. The minimum atomic E-state index is -5.08. The van der Waals surface area contributed by atoms with Crippen molar-refractivity contribution in [2.45, 2.75) is 6.18 Å². The van der Waals surface area contributed by atoms with Crippen molar-refractivity contribution in [3.63, 3.8) is 0 Å². The summed E-state index contributed by atoms with van der Waals surface area (Å²) in [5, 5.41) is 8.06. The summed E-state index contributed by atoms with van der Waals surface area (Å²) < 4.78 is 31.7. The molecule has 5 nitrogen and oxygen atoms in total. The van der Waals surface area contributed by atoms with Crippen molar-refractivity contribution in [3.05, 3.63) is 65.1 Å². The summed E-state index contributed by atoms with van der Waals surface area (Å²) >= 11 is 0. The van der Waals surface area contributed by atoms with Crippen LogP contribution in [0.5, 0.6) is 0 Å². The molecule has 0 saturated heterocycles. The third-order valence-corrected chi connectivity index (χ3v) is 2.94. The summed E-state index contributed by atoms with van der Waals surface area (Å²) in [5.41, 5.74) is 2.10. The Balaban J connectivity index is 0.000000256. The summed E-state index contributed by atoms with van der Waals surface area (Å²) in [6.45, 7) is 0. The molecule has 0 fully saturated rings. The first kappa shape index (κ1) is 17.2. The van der Waals surface area contributed by atoms with Crippen molar-refractivity contribution >= 4 is 17.0 Å². The van der Waals surface area contributed by atoms with Crippen LogP contribution in [-0.2, 0) is 4.79 Å². The maximum atomic E-state index is 11.9. The molecule has 8 heteroatoms. The van der Waals surface area contributed by atoms with Gasteiger partial charge in [-0.15, -0.1) is 0 Å². The number of hydrogen-bond acceptors (Lipinski definition) is 3.